The molecule has 1 aliphatic rings. The standard InChI is InChI=1S/C19H16FNO5S/c1-24-14-8-11(9-15(25-2)17(14)26-3)10-16-18(22)21(19(23)27-16)13-7-5-4-6-12(13)20/h4-10H,1-3H3/b16-10-. The maximum Gasteiger partial charge on any atom is 0.298 e. The van der Waals surface area contributed by atoms with Crippen LogP contribution in [0.1, 0.15) is 5.56 Å². The number of halogens is 1. The Kier molecular flexibility index (Phi) is 5.36. The predicted octanol–water partition coefficient (Wildman–Crippen LogP) is 4.09. The number of imide groups is 1. The van der Waals surface area contributed by atoms with Crippen LogP contribution in [0, 0.1) is 5.82 Å². The number of methoxy groups -OCH3 is 3. The Morgan fingerprint density at radius 3 is 2.19 bits per heavy atom. The highest BCUT2D eigenvalue weighted by molar-refractivity contribution is 8.19. The summed E-state index contributed by atoms with van der Waals surface area (Å²) in [5, 5.41) is -0.566. The average Bonchev–Trinajstić information content (AvgIpc) is 2.94. The molecule has 0 aliphatic carbocycles. The Bertz CT molecular complexity index is 918. The maximum absolute atomic E-state index is 14.0. The van der Waals surface area contributed by atoms with Crippen LogP contribution in [0.25, 0.3) is 6.08 Å². The van der Waals surface area contributed by atoms with Crippen LogP contribution in [-0.4, -0.2) is 32.5 Å². The number of para-hydroxylation sites is 1. The average molecular weight is 389 g/mol. The summed E-state index contributed by atoms with van der Waals surface area (Å²) in [7, 11) is 4.44. The van der Waals surface area contributed by atoms with E-state index in [-0.39, 0.29) is 10.6 Å². The number of amides is 2. The second-order valence-electron chi connectivity index (χ2n) is 5.43. The van der Waals surface area contributed by atoms with Crippen molar-refractivity contribution in [1.82, 2.24) is 0 Å². The second-order valence-corrected chi connectivity index (χ2v) is 6.42. The summed E-state index contributed by atoms with van der Waals surface area (Å²) >= 11 is 0.736. The molecular weight excluding hydrogens is 373 g/mol. The quantitative estimate of drug-likeness (QED) is 0.718. The molecule has 0 N–H and O–H groups in total. The first-order chi connectivity index (χ1) is 13.0. The van der Waals surface area contributed by atoms with Gasteiger partial charge < -0.3 is 14.2 Å². The zero-order valence-corrected chi connectivity index (χ0v) is 15.6. The van der Waals surface area contributed by atoms with E-state index >= 15 is 0 Å². The lowest BCUT2D eigenvalue weighted by atomic mass is 10.1. The molecule has 0 aromatic heterocycles. The fraction of sp³-hybridized carbons (Fsp3) is 0.158. The molecule has 3 rings (SSSR count). The SMILES string of the molecule is COc1cc(/C=C2\SC(=O)N(c3ccccc3F)C2=O)cc(OC)c1OC. The smallest absolute Gasteiger partial charge is 0.298 e. The predicted molar refractivity (Wildman–Crippen MR) is 101 cm³/mol. The van der Waals surface area contributed by atoms with Gasteiger partial charge in [-0.05, 0) is 47.7 Å². The molecule has 1 fully saturated rings. The van der Waals surface area contributed by atoms with E-state index < -0.39 is 17.0 Å². The molecule has 140 valence electrons. The van der Waals surface area contributed by atoms with Gasteiger partial charge in [-0.3, -0.25) is 9.59 Å². The fourth-order valence-electron chi connectivity index (χ4n) is 2.64. The molecule has 2 aromatic rings. The number of anilines is 1. The molecule has 0 unspecified atom stereocenters. The number of rotatable bonds is 5. The Balaban J connectivity index is 2.00. The fourth-order valence-corrected chi connectivity index (χ4v) is 3.48. The van der Waals surface area contributed by atoms with Crippen molar-refractivity contribution >= 4 is 34.7 Å². The monoisotopic (exact) mass is 389 g/mol. The minimum Gasteiger partial charge on any atom is -0.493 e. The van der Waals surface area contributed by atoms with Crippen LogP contribution in [0.3, 0.4) is 0 Å². The summed E-state index contributed by atoms with van der Waals surface area (Å²) in [6.07, 6.45) is 1.52. The molecular formula is C19H16FNO5S. The van der Waals surface area contributed by atoms with E-state index in [1.54, 1.807) is 18.2 Å². The first-order valence-corrected chi connectivity index (χ1v) is 8.64. The lowest BCUT2D eigenvalue weighted by Gasteiger charge is -2.13. The molecule has 0 radical (unpaired) electrons. The number of hydrogen-bond acceptors (Lipinski definition) is 6. The molecule has 0 atom stereocenters. The number of benzene rings is 2. The molecule has 6 nitrogen and oxygen atoms in total. The highest BCUT2D eigenvalue weighted by atomic mass is 32.2. The molecule has 27 heavy (non-hydrogen) atoms. The Morgan fingerprint density at radius 2 is 1.63 bits per heavy atom. The van der Waals surface area contributed by atoms with Crippen molar-refractivity contribution in [3.8, 4) is 17.2 Å². The molecule has 2 amide bonds. The highest BCUT2D eigenvalue weighted by Gasteiger charge is 2.37. The van der Waals surface area contributed by atoms with Crippen molar-refractivity contribution in [3.05, 3.63) is 52.7 Å². The van der Waals surface area contributed by atoms with Gasteiger partial charge in [0.2, 0.25) is 5.75 Å². The van der Waals surface area contributed by atoms with Crippen molar-refractivity contribution in [2.45, 2.75) is 0 Å². The van der Waals surface area contributed by atoms with Crippen molar-refractivity contribution < 1.29 is 28.2 Å². The van der Waals surface area contributed by atoms with Gasteiger partial charge in [0.15, 0.2) is 11.5 Å². The van der Waals surface area contributed by atoms with Crippen LogP contribution in [0.15, 0.2) is 41.3 Å². The van der Waals surface area contributed by atoms with Crippen LogP contribution < -0.4 is 19.1 Å². The van der Waals surface area contributed by atoms with E-state index in [0.717, 1.165) is 16.7 Å². The number of carbonyl (C=O) groups is 2. The topological polar surface area (TPSA) is 65.1 Å². The largest absolute Gasteiger partial charge is 0.493 e. The van der Waals surface area contributed by atoms with Gasteiger partial charge in [0.1, 0.15) is 5.82 Å². The molecule has 1 aliphatic heterocycles. The Hall–Kier alpha value is -3.00. The first-order valence-electron chi connectivity index (χ1n) is 7.82. The molecule has 2 aromatic carbocycles. The van der Waals surface area contributed by atoms with Crippen molar-refractivity contribution in [3.63, 3.8) is 0 Å². The number of thioether (sulfide) groups is 1. The van der Waals surface area contributed by atoms with Gasteiger partial charge in [0.05, 0.1) is 31.9 Å². The third-order valence-electron chi connectivity index (χ3n) is 3.87. The van der Waals surface area contributed by atoms with E-state index in [0.29, 0.717) is 22.8 Å². The van der Waals surface area contributed by atoms with Crippen LogP contribution in [0.2, 0.25) is 0 Å². The molecule has 0 spiro atoms. The number of carbonyl (C=O) groups excluding carboxylic acids is 2. The summed E-state index contributed by atoms with van der Waals surface area (Å²) < 4.78 is 29.8. The Labute approximate surface area is 159 Å². The minimum atomic E-state index is -0.645. The number of ether oxygens (including phenoxy) is 3. The molecule has 1 saturated heterocycles. The van der Waals surface area contributed by atoms with Crippen molar-refractivity contribution in [2.75, 3.05) is 26.2 Å². The van der Waals surface area contributed by atoms with Crippen LogP contribution in [0.5, 0.6) is 17.2 Å². The van der Waals surface area contributed by atoms with Gasteiger partial charge >= 0.3 is 0 Å². The molecule has 0 bridgehead atoms. The van der Waals surface area contributed by atoms with E-state index in [1.165, 1.54) is 45.6 Å². The lowest BCUT2D eigenvalue weighted by Crippen LogP contribution is -2.28. The van der Waals surface area contributed by atoms with Gasteiger partial charge in [0, 0.05) is 0 Å². The summed E-state index contributed by atoms with van der Waals surface area (Å²) in [4.78, 5) is 25.9. The molecule has 8 heteroatoms. The molecule has 0 saturated carbocycles. The van der Waals surface area contributed by atoms with Crippen LogP contribution >= 0.6 is 11.8 Å². The summed E-state index contributed by atoms with van der Waals surface area (Å²) in [6.45, 7) is 0. The number of hydrogen-bond donors (Lipinski definition) is 0. The van der Waals surface area contributed by atoms with Gasteiger partial charge in [-0.25, -0.2) is 9.29 Å². The van der Waals surface area contributed by atoms with E-state index in [1.807, 2.05) is 0 Å². The zero-order chi connectivity index (χ0) is 19.6. The summed E-state index contributed by atoms with van der Waals surface area (Å²) in [5.41, 5.74) is 0.497. The first kappa shape index (κ1) is 18.8. The van der Waals surface area contributed by atoms with E-state index in [9.17, 15) is 14.0 Å². The third kappa shape index (κ3) is 3.48. The van der Waals surface area contributed by atoms with Gasteiger partial charge in [-0.15, -0.1) is 0 Å². The zero-order valence-electron chi connectivity index (χ0n) is 14.8. The van der Waals surface area contributed by atoms with Gasteiger partial charge in [-0.2, -0.15) is 0 Å². The maximum atomic E-state index is 14.0. The minimum absolute atomic E-state index is 0.0757. The van der Waals surface area contributed by atoms with Crippen molar-refractivity contribution in [1.29, 1.82) is 0 Å². The van der Waals surface area contributed by atoms with Gasteiger partial charge in [0.25, 0.3) is 11.1 Å². The van der Waals surface area contributed by atoms with Crippen LogP contribution in [0.4, 0.5) is 14.9 Å². The van der Waals surface area contributed by atoms with Gasteiger partial charge in [-0.1, -0.05) is 12.1 Å². The van der Waals surface area contributed by atoms with E-state index in [2.05, 4.69) is 0 Å². The van der Waals surface area contributed by atoms with Crippen molar-refractivity contribution in [2.24, 2.45) is 0 Å². The Morgan fingerprint density at radius 1 is 1.00 bits per heavy atom. The lowest BCUT2D eigenvalue weighted by molar-refractivity contribution is -0.113. The number of nitrogens with zero attached hydrogens (tertiary/aromatic N) is 1. The third-order valence-corrected chi connectivity index (χ3v) is 4.74. The molecule has 1 heterocycles. The normalized spacial score (nSPS) is 15.4. The summed E-state index contributed by atoms with van der Waals surface area (Å²) in [6, 6.07) is 8.93. The summed E-state index contributed by atoms with van der Waals surface area (Å²) in [5.74, 6) is 0.00200. The second kappa shape index (κ2) is 7.71. The van der Waals surface area contributed by atoms with Crippen LogP contribution in [-0.2, 0) is 4.79 Å². The van der Waals surface area contributed by atoms with E-state index in [4.69, 9.17) is 14.2 Å². The highest BCUT2D eigenvalue weighted by Crippen LogP contribution is 2.41.